The molecule has 0 bridgehead atoms. The minimum Gasteiger partial charge on any atom is -0.309 e. The van der Waals surface area contributed by atoms with E-state index in [1.54, 1.807) is 18.5 Å². The monoisotopic (exact) mass is 498 g/mol. The van der Waals surface area contributed by atoms with Crippen LogP contribution in [-0.4, -0.2) is 14.5 Å². The first-order chi connectivity index (χ1) is 19.3. The van der Waals surface area contributed by atoms with Crippen molar-refractivity contribution >= 4 is 21.8 Å². The average molecular weight is 499 g/mol. The molecule has 5 aromatic carbocycles. The molecule has 0 N–H and O–H groups in total. The molecule has 0 radical (unpaired) electrons. The summed E-state index contributed by atoms with van der Waals surface area (Å²) in [6, 6.07) is 44.1. The van der Waals surface area contributed by atoms with E-state index in [0.717, 1.165) is 33.5 Å². The molecule has 0 amide bonds. The summed E-state index contributed by atoms with van der Waals surface area (Å²) in [5.74, 6) is 0.547. The highest BCUT2D eigenvalue weighted by molar-refractivity contribution is 6.09. The van der Waals surface area contributed by atoms with Crippen LogP contribution in [0.25, 0.3) is 61.1 Å². The highest BCUT2D eigenvalue weighted by Crippen LogP contribution is 2.40. The Morgan fingerprint density at radius 3 is 1.82 bits per heavy atom. The Bertz CT molecular complexity index is 1980. The molecular formula is C35H22N4. The lowest BCUT2D eigenvalue weighted by molar-refractivity contribution is 1.17. The molecule has 0 fully saturated rings. The van der Waals surface area contributed by atoms with Crippen LogP contribution in [0.1, 0.15) is 5.56 Å². The summed E-state index contributed by atoms with van der Waals surface area (Å²) in [6.45, 7) is 0. The minimum atomic E-state index is 0.546. The van der Waals surface area contributed by atoms with Crippen LogP contribution < -0.4 is 0 Å². The summed E-state index contributed by atoms with van der Waals surface area (Å²) in [7, 11) is 0. The third kappa shape index (κ3) is 3.77. The number of nitriles is 1. The van der Waals surface area contributed by atoms with E-state index in [4.69, 9.17) is 0 Å². The van der Waals surface area contributed by atoms with E-state index in [1.807, 2.05) is 18.2 Å². The zero-order valence-corrected chi connectivity index (χ0v) is 21.0. The summed E-state index contributed by atoms with van der Waals surface area (Å²) < 4.78 is 2.35. The van der Waals surface area contributed by atoms with E-state index in [0.29, 0.717) is 11.4 Å². The quantitative estimate of drug-likeness (QED) is 0.245. The molecular weight excluding hydrogens is 476 g/mol. The molecule has 39 heavy (non-hydrogen) atoms. The second kappa shape index (κ2) is 9.41. The number of para-hydroxylation sites is 3. The highest BCUT2D eigenvalue weighted by Gasteiger charge is 2.18. The van der Waals surface area contributed by atoms with Crippen molar-refractivity contribution in [1.82, 2.24) is 14.5 Å². The summed E-state index contributed by atoms with van der Waals surface area (Å²) in [4.78, 5) is 8.70. The van der Waals surface area contributed by atoms with Gasteiger partial charge in [-0.3, -0.25) is 0 Å². The second-order valence-electron chi connectivity index (χ2n) is 9.38. The van der Waals surface area contributed by atoms with Crippen LogP contribution >= 0.6 is 0 Å². The SMILES string of the molecule is N#Cc1cc(-c2ccccc2-c2ccccc2-n2c3ccccc3c3ccccc32)ccc1-c1ncccn1. The van der Waals surface area contributed by atoms with Crippen LogP contribution in [-0.2, 0) is 0 Å². The number of benzene rings is 5. The summed E-state index contributed by atoms with van der Waals surface area (Å²) >= 11 is 0. The normalized spacial score (nSPS) is 11.1. The predicted molar refractivity (Wildman–Crippen MR) is 157 cm³/mol. The Morgan fingerprint density at radius 1 is 0.538 bits per heavy atom. The Morgan fingerprint density at radius 2 is 1.13 bits per heavy atom. The first-order valence-corrected chi connectivity index (χ1v) is 12.8. The van der Waals surface area contributed by atoms with Gasteiger partial charge in [0.15, 0.2) is 5.82 Å². The van der Waals surface area contributed by atoms with Gasteiger partial charge < -0.3 is 4.57 Å². The van der Waals surface area contributed by atoms with Crippen molar-refractivity contribution in [1.29, 1.82) is 5.26 Å². The van der Waals surface area contributed by atoms with Gasteiger partial charge in [-0.2, -0.15) is 5.26 Å². The third-order valence-corrected chi connectivity index (χ3v) is 7.20. The molecule has 0 saturated heterocycles. The van der Waals surface area contributed by atoms with E-state index >= 15 is 0 Å². The van der Waals surface area contributed by atoms with Crippen LogP contribution in [0.3, 0.4) is 0 Å². The Balaban J connectivity index is 1.45. The zero-order valence-electron chi connectivity index (χ0n) is 21.0. The van der Waals surface area contributed by atoms with E-state index < -0.39 is 0 Å². The van der Waals surface area contributed by atoms with Gasteiger partial charge in [-0.05, 0) is 53.1 Å². The fourth-order valence-electron chi connectivity index (χ4n) is 5.49. The number of nitrogens with zero attached hydrogens (tertiary/aromatic N) is 4. The maximum Gasteiger partial charge on any atom is 0.160 e. The predicted octanol–water partition coefficient (Wildman–Crippen LogP) is 8.45. The molecule has 0 aliphatic rings. The highest BCUT2D eigenvalue weighted by atomic mass is 15.0. The summed E-state index contributed by atoms with van der Waals surface area (Å²) in [5, 5.41) is 12.5. The third-order valence-electron chi connectivity index (χ3n) is 7.20. The average Bonchev–Trinajstić information content (AvgIpc) is 3.35. The molecule has 0 saturated carbocycles. The van der Waals surface area contributed by atoms with Crippen LogP contribution in [0.4, 0.5) is 0 Å². The van der Waals surface area contributed by atoms with Crippen molar-refractivity contribution in [3.05, 3.63) is 139 Å². The van der Waals surface area contributed by atoms with Crippen molar-refractivity contribution in [2.45, 2.75) is 0 Å². The van der Waals surface area contributed by atoms with Gasteiger partial charge in [0, 0.05) is 34.3 Å². The lowest BCUT2D eigenvalue weighted by Gasteiger charge is -2.17. The van der Waals surface area contributed by atoms with Crippen molar-refractivity contribution in [3.63, 3.8) is 0 Å². The molecule has 4 heteroatoms. The van der Waals surface area contributed by atoms with Crippen LogP contribution in [0.5, 0.6) is 0 Å². The topological polar surface area (TPSA) is 54.5 Å². The minimum absolute atomic E-state index is 0.546. The van der Waals surface area contributed by atoms with Crippen molar-refractivity contribution in [3.8, 4) is 45.4 Å². The maximum absolute atomic E-state index is 10.00. The Labute approximate surface area is 226 Å². The van der Waals surface area contributed by atoms with Crippen LogP contribution in [0.2, 0.25) is 0 Å². The molecule has 2 heterocycles. The van der Waals surface area contributed by atoms with Gasteiger partial charge >= 0.3 is 0 Å². The van der Waals surface area contributed by atoms with Crippen molar-refractivity contribution in [2.75, 3.05) is 0 Å². The summed E-state index contributed by atoms with van der Waals surface area (Å²) in [5.41, 5.74) is 8.97. The molecule has 0 aliphatic carbocycles. The van der Waals surface area contributed by atoms with E-state index in [1.165, 1.54) is 21.8 Å². The van der Waals surface area contributed by atoms with Crippen molar-refractivity contribution < 1.29 is 0 Å². The smallest absolute Gasteiger partial charge is 0.160 e. The van der Waals surface area contributed by atoms with Gasteiger partial charge in [0.2, 0.25) is 0 Å². The number of hydrogen-bond acceptors (Lipinski definition) is 3. The lowest BCUT2D eigenvalue weighted by Crippen LogP contribution is -1.98. The molecule has 4 nitrogen and oxygen atoms in total. The fraction of sp³-hybridized carbons (Fsp3) is 0. The molecule has 0 atom stereocenters. The van der Waals surface area contributed by atoms with E-state index in [2.05, 4.69) is 118 Å². The van der Waals surface area contributed by atoms with Gasteiger partial charge in [-0.15, -0.1) is 0 Å². The van der Waals surface area contributed by atoms with Gasteiger partial charge in [-0.25, -0.2) is 9.97 Å². The number of fused-ring (bicyclic) bond motifs is 3. The Kier molecular flexibility index (Phi) is 5.46. The molecule has 182 valence electrons. The molecule has 0 unspecified atom stereocenters. The van der Waals surface area contributed by atoms with E-state index in [-0.39, 0.29) is 0 Å². The molecule has 0 spiro atoms. The maximum atomic E-state index is 10.00. The lowest BCUT2D eigenvalue weighted by atomic mass is 9.91. The molecule has 7 aromatic rings. The largest absolute Gasteiger partial charge is 0.309 e. The number of rotatable bonds is 4. The van der Waals surface area contributed by atoms with Crippen LogP contribution in [0, 0.1) is 11.3 Å². The van der Waals surface area contributed by atoms with Crippen LogP contribution in [0.15, 0.2) is 134 Å². The number of aromatic nitrogens is 3. The van der Waals surface area contributed by atoms with Gasteiger partial charge in [0.05, 0.1) is 28.4 Å². The fourth-order valence-corrected chi connectivity index (χ4v) is 5.49. The first kappa shape index (κ1) is 22.7. The van der Waals surface area contributed by atoms with Crippen molar-refractivity contribution in [2.24, 2.45) is 0 Å². The molecule has 2 aromatic heterocycles. The molecule has 0 aliphatic heterocycles. The summed E-state index contributed by atoms with van der Waals surface area (Å²) in [6.07, 6.45) is 3.39. The van der Waals surface area contributed by atoms with Gasteiger partial charge in [-0.1, -0.05) is 84.9 Å². The first-order valence-electron chi connectivity index (χ1n) is 12.8. The molecule has 7 rings (SSSR count). The van der Waals surface area contributed by atoms with E-state index in [9.17, 15) is 5.26 Å². The standard InChI is InChI=1S/C35H22N4/c36-23-25-22-24(18-19-27(25)35-37-20-9-21-38-35)26-10-1-2-11-28(26)29-12-3-6-15-32(29)39-33-16-7-4-13-30(33)31-14-5-8-17-34(31)39/h1-22H. The zero-order chi connectivity index (χ0) is 26.2. The Hall–Kier alpha value is -5.53. The van der Waals surface area contributed by atoms with Gasteiger partial charge in [0.1, 0.15) is 0 Å². The van der Waals surface area contributed by atoms with Gasteiger partial charge in [0.25, 0.3) is 0 Å². The number of hydrogen-bond donors (Lipinski definition) is 0. The second-order valence-corrected chi connectivity index (χ2v) is 9.38.